The molecule has 0 saturated carbocycles. The Morgan fingerprint density at radius 2 is 2.21 bits per heavy atom. The third-order valence-corrected chi connectivity index (χ3v) is 4.50. The van der Waals surface area contributed by atoms with Crippen molar-refractivity contribution in [2.45, 2.75) is 38.6 Å². The second-order valence-corrected chi connectivity index (χ2v) is 6.94. The molecule has 1 fully saturated rings. The number of nitrogens with one attached hydrogen (secondary N) is 1. The van der Waals surface area contributed by atoms with Crippen molar-refractivity contribution in [3.05, 3.63) is 41.8 Å². The van der Waals surface area contributed by atoms with E-state index in [9.17, 15) is 9.59 Å². The molecule has 1 atom stereocenters. The Morgan fingerprint density at radius 1 is 1.36 bits per heavy atom. The molecule has 1 unspecified atom stereocenters. The van der Waals surface area contributed by atoms with Crippen LogP contribution in [0.3, 0.4) is 0 Å². The number of amides is 2. The molecule has 2 aromatic rings. The van der Waals surface area contributed by atoms with Crippen molar-refractivity contribution in [2.75, 3.05) is 26.3 Å². The first-order valence-electron chi connectivity index (χ1n) is 9.43. The van der Waals surface area contributed by atoms with Gasteiger partial charge in [-0.3, -0.25) is 14.6 Å². The lowest BCUT2D eigenvalue weighted by atomic mass is 10.1. The number of morpholine rings is 1. The molecule has 3 heterocycles. The minimum Gasteiger partial charge on any atom is -0.377 e. The zero-order valence-corrected chi connectivity index (χ0v) is 16.1. The maximum absolute atomic E-state index is 12.7. The largest absolute Gasteiger partial charge is 0.377 e. The minimum absolute atomic E-state index is 0.0234. The van der Waals surface area contributed by atoms with Gasteiger partial charge in [-0.15, -0.1) is 0 Å². The molecule has 9 heteroatoms. The highest BCUT2D eigenvalue weighted by molar-refractivity contribution is 5.92. The summed E-state index contributed by atoms with van der Waals surface area (Å²) < 4.78 is 10.7. The van der Waals surface area contributed by atoms with Crippen LogP contribution in [0.2, 0.25) is 0 Å². The number of nitrogens with zero attached hydrogens (tertiary/aromatic N) is 4. The van der Waals surface area contributed by atoms with Crippen LogP contribution in [0.4, 0.5) is 0 Å². The summed E-state index contributed by atoms with van der Waals surface area (Å²) in [4.78, 5) is 35.0. The van der Waals surface area contributed by atoms with Crippen LogP contribution < -0.4 is 5.32 Å². The van der Waals surface area contributed by atoms with Crippen LogP contribution in [0.1, 0.15) is 48.4 Å². The molecule has 28 heavy (non-hydrogen) atoms. The Morgan fingerprint density at radius 3 is 2.93 bits per heavy atom. The van der Waals surface area contributed by atoms with Gasteiger partial charge in [0.05, 0.1) is 19.3 Å². The van der Waals surface area contributed by atoms with Gasteiger partial charge in [0.2, 0.25) is 11.8 Å². The zero-order valence-electron chi connectivity index (χ0n) is 16.1. The summed E-state index contributed by atoms with van der Waals surface area (Å²) >= 11 is 0. The molecule has 9 nitrogen and oxygen atoms in total. The van der Waals surface area contributed by atoms with E-state index in [1.54, 1.807) is 29.3 Å². The first-order valence-corrected chi connectivity index (χ1v) is 9.43. The van der Waals surface area contributed by atoms with Gasteiger partial charge in [-0.1, -0.05) is 25.1 Å². The van der Waals surface area contributed by atoms with Crippen LogP contribution in [0.15, 0.2) is 28.9 Å². The summed E-state index contributed by atoms with van der Waals surface area (Å²) in [5.74, 6) is 0.990. The highest BCUT2D eigenvalue weighted by Crippen LogP contribution is 2.13. The Hall–Kier alpha value is -2.81. The molecule has 3 rings (SSSR count). The number of carbonyl (C=O) groups excluding carboxylic acids is 2. The second kappa shape index (κ2) is 9.41. The van der Waals surface area contributed by atoms with Gasteiger partial charge in [0.1, 0.15) is 5.69 Å². The third kappa shape index (κ3) is 5.13. The van der Waals surface area contributed by atoms with E-state index in [4.69, 9.17) is 9.26 Å². The van der Waals surface area contributed by atoms with Crippen LogP contribution in [0, 0.1) is 0 Å². The Balaban J connectivity index is 1.53. The molecule has 2 amide bonds. The predicted octanol–water partition coefficient (Wildman–Crippen LogP) is 1.18. The van der Waals surface area contributed by atoms with Crippen molar-refractivity contribution in [3.8, 4) is 0 Å². The van der Waals surface area contributed by atoms with Crippen molar-refractivity contribution >= 4 is 11.8 Å². The van der Waals surface area contributed by atoms with E-state index in [0.29, 0.717) is 50.1 Å². The van der Waals surface area contributed by atoms with Crippen molar-refractivity contribution in [1.29, 1.82) is 0 Å². The summed E-state index contributed by atoms with van der Waals surface area (Å²) in [6, 6.07) is 4.93. The van der Waals surface area contributed by atoms with E-state index in [0.717, 1.165) is 0 Å². The summed E-state index contributed by atoms with van der Waals surface area (Å²) in [6.07, 6.45) is 2.23. The lowest BCUT2D eigenvalue weighted by molar-refractivity contribution is -0.139. The van der Waals surface area contributed by atoms with E-state index in [1.165, 1.54) is 0 Å². The van der Waals surface area contributed by atoms with Crippen molar-refractivity contribution in [1.82, 2.24) is 25.3 Å². The summed E-state index contributed by atoms with van der Waals surface area (Å²) in [6.45, 7) is 5.62. The first kappa shape index (κ1) is 19.9. The van der Waals surface area contributed by atoms with Gasteiger partial charge in [0, 0.05) is 38.0 Å². The molecular formula is C19H25N5O4. The average Bonchev–Trinajstić information content (AvgIpc) is 3.20. The van der Waals surface area contributed by atoms with Crippen LogP contribution >= 0.6 is 0 Å². The number of hydrogen-bond acceptors (Lipinski definition) is 7. The van der Waals surface area contributed by atoms with Crippen molar-refractivity contribution < 1.29 is 18.8 Å². The maximum Gasteiger partial charge on any atom is 0.269 e. The lowest BCUT2D eigenvalue weighted by Crippen LogP contribution is -2.53. The maximum atomic E-state index is 12.7. The molecule has 2 aromatic heterocycles. The minimum atomic E-state index is -0.273. The SMILES string of the molecule is CC(C)c1noc(CCC(=O)N2CCOCC2CNC(=O)c2ccccn2)n1. The molecule has 0 bridgehead atoms. The molecule has 150 valence electrons. The zero-order chi connectivity index (χ0) is 19.9. The van der Waals surface area contributed by atoms with Gasteiger partial charge in [0.25, 0.3) is 5.91 Å². The van der Waals surface area contributed by atoms with Gasteiger partial charge in [-0.25, -0.2) is 0 Å². The van der Waals surface area contributed by atoms with Crippen LogP contribution in [0.25, 0.3) is 0 Å². The van der Waals surface area contributed by atoms with E-state index in [2.05, 4.69) is 20.4 Å². The molecule has 1 saturated heterocycles. The molecule has 0 radical (unpaired) electrons. The molecule has 0 spiro atoms. The monoisotopic (exact) mass is 387 g/mol. The predicted molar refractivity (Wildman–Crippen MR) is 99.6 cm³/mol. The Bertz CT molecular complexity index is 793. The number of aromatic nitrogens is 3. The Kier molecular flexibility index (Phi) is 6.70. The normalized spacial score (nSPS) is 17.0. The van der Waals surface area contributed by atoms with Gasteiger partial charge in [-0.2, -0.15) is 4.98 Å². The summed E-state index contributed by atoms with van der Waals surface area (Å²) in [7, 11) is 0. The molecular weight excluding hydrogens is 362 g/mol. The van der Waals surface area contributed by atoms with Crippen LogP contribution in [-0.4, -0.2) is 64.2 Å². The number of ether oxygens (including phenoxy) is 1. The highest BCUT2D eigenvalue weighted by Gasteiger charge is 2.28. The van der Waals surface area contributed by atoms with Crippen molar-refractivity contribution in [2.24, 2.45) is 0 Å². The fourth-order valence-corrected chi connectivity index (χ4v) is 2.91. The molecule has 0 aromatic carbocycles. The fourth-order valence-electron chi connectivity index (χ4n) is 2.91. The molecule has 1 aliphatic heterocycles. The van der Waals surface area contributed by atoms with Gasteiger partial charge >= 0.3 is 0 Å². The smallest absolute Gasteiger partial charge is 0.269 e. The number of aryl methyl sites for hydroxylation is 1. The topological polar surface area (TPSA) is 110 Å². The standard InChI is InChI=1S/C19H25N5O4/c1-13(2)18-22-16(28-23-18)6-7-17(25)24-9-10-27-12-14(24)11-21-19(26)15-5-3-4-8-20-15/h3-5,8,13-14H,6-7,9-12H2,1-2H3,(H,21,26). The van der Waals surface area contributed by atoms with Crippen LogP contribution in [0.5, 0.6) is 0 Å². The van der Waals surface area contributed by atoms with E-state index >= 15 is 0 Å². The third-order valence-electron chi connectivity index (χ3n) is 4.50. The first-order chi connectivity index (χ1) is 13.5. The second-order valence-electron chi connectivity index (χ2n) is 6.94. The lowest BCUT2D eigenvalue weighted by Gasteiger charge is -2.35. The fraction of sp³-hybridized carbons (Fsp3) is 0.526. The number of carbonyl (C=O) groups is 2. The van der Waals surface area contributed by atoms with E-state index in [1.807, 2.05) is 13.8 Å². The van der Waals surface area contributed by atoms with Crippen LogP contribution in [-0.2, 0) is 16.0 Å². The van der Waals surface area contributed by atoms with Crippen molar-refractivity contribution in [3.63, 3.8) is 0 Å². The van der Waals surface area contributed by atoms with Gasteiger partial charge < -0.3 is 19.5 Å². The number of pyridine rings is 1. The molecule has 0 aliphatic carbocycles. The van der Waals surface area contributed by atoms with E-state index < -0.39 is 0 Å². The summed E-state index contributed by atoms with van der Waals surface area (Å²) in [5, 5.41) is 6.74. The quantitative estimate of drug-likeness (QED) is 0.759. The molecule has 1 N–H and O–H groups in total. The summed E-state index contributed by atoms with van der Waals surface area (Å²) in [5.41, 5.74) is 0.342. The average molecular weight is 387 g/mol. The highest BCUT2D eigenvalue weighted by atomic mass is 16.5. The number of rotatable bonds is 7. The Labute approximate surface area is 163 Å². The molecule has 1 aliphatic rings. The van der Waals surface area contributed by atoms with E-state index in [-0.39, 0.29) is 30.2 Å². The van der Waals surface area contributed by atoms with Gasteiger partial charge in [0.15, 0.2) is 5.82 Å². The number of hydrogen-bond donors (Lipinski definition) is 1. The van der Waals surface area contributed by atoms with Gasteiger partial charge in [-0.05, 0) is 12.1 Å².